The Bertz CT molecular complexity index is 821. The van der Waals surface area contributed by atoms with Crippen molar-refractivity contribution >= 4 is 31.0 Å². The van der Waals surface area contributed by atoms with Crippen molar-refractivity contribution in [2.45, 2.75) is 9.79 Å². The lowest BCUT2D eigenvalue weighted by atomic mass is 10.1. The molecule has 95 valence electrons. The summed E-state index contributed by atoms with van der Waals surface area (Å²) in [4.78, 5) is -1.71. The predicted molar refractivity (Wildman–Crippen MR) is 62.4 cm³/mol. The van der Waals surface area contributed by atoms with E-state index in [1.165, 1.54) is 24.3 Å². The zero-order valence-corrected chi connectivity index (χ0v) is 10.4. The zero-order valence-electron chi connectivity index (χ0n) is 8.73. The van der Waals surface area contributed by atoms with Crippen molar-refractivity contribution in [2.24, 2.45) is 0 Å². The van der Waals surface area contributed by atoms with E-state index >= 15 is 0 Å². The maximum Gasteiger partial charge on any atom is 0.296 e. The highest BCUT2D eigenvalue weighted by molar-refractivity contribution is 7.89. The van der Waals surface area contributed by atoms with Gasteiger partial charge in [-0.3, -0.25) is 9.11 Å². The summed E-state index contributed by atoms with van der Waals surface area (Å²) in [6.07, 6.45) is 0. The second kappa shape index (κ2) is 4.02. The van der Waals surface area contributed by atoms with Crippen LogP contribution in [0.15, 0.2) is 40.1 Å². The summed E-state index contributed by atoms with van der Waals surface area (Å²) in [5.74, 6) is 0. The molecule has 0 aliphatic heterocycles. The number of hydrogen-bond donors (Lipinski definition) is 2. The van der Waals surface area contributed by atoms with Crippen molar-refractivity contribution in [2.75, 3.05) is 0 Å². The normalized spacial score (nSPS) is 12.8. The smallest absolute Gasteiger partial charge is 0.282 e. The Balaban J connectivity index is 3.08. The molecule has 0 aliphatic rings. The average molecular weight is 287 g/mol. The van der Waals surface area contributed by atoms with E-state index in [9.17, 15) is 16.8 Å². The van der Waals surface area contributed by atoms with Crippen molar-refractivity contribution < 1.29 is 25.9 Å². The minimum absolute atomic E-state index is 0.0323. The summed E-state index contributed by atoms with van der Waals surface area (Å²) in [7, 11) is -9.56. The van der Waals surface area contributed by atoms with E-state index in [-0.39, 0.29) is 5.39 Å². The molecule has 6 nitrogen and oxygen atoms in total. The number of hydrogen-bond acceptors (Lipinski definition) is 4. The van der Waals surface area contributed by atoms with Gasteiger partial charge in [0, 0.05) is 5.39 Å². The van der Waals surface area contributed by atoms with Gasteiger partial charge in [-0.15, -0.1) is 0 Å². The van der Waals surface area contributed by atoms with Gasteiger partial charge in [0.2, 0.25) is 0 Å². The molecule has 0 aliphatic carbocycles. The molecule has 0 saturated heterocycles. The number of benzene rings is 2. The van der Waals surface area contributed by atoms with E-state index in [2.05, 4.69) is 6.07 Å². The molecule has 8 heteroatoms. The van der Waals surface area contributed by atoms with E-state index in [1.54, 1.807) is 0 Å². The average Bonchev–Trinajstić information content (AvgIpc) is 2.24. The maximum absolute atomic E-state index is 11.3. The van der Waals surface area contributed by atoms with Crippen molar-refractivity contribution in [3.05, 3.63) is 36.4 Å². The molecule has 0 amide bonds. The molecule has 18 heavy (non-hydrogen) atoms. The number of fused-ring (bicyclic) bond motifs is 1. The first-order chi connectivity index (χ1) is 8.21. The van der Waals surface area contributed by atoms with Crippen molar-refractivity contribution in [1.82, 2.24) is 0 Å². The largest absolute Gasteiger partial charge is 0.296 e. The summed E-state index contributed by atoms with van der Waals surface area (Å²) in [5, 5.41) is 0.271. The van der Waals surface area contributed by atoms with Crippen LogP contribution in [0.5, 0.6) is 0 Å². The third-order valence-corrected chi connectivity index (χ3v) is 4.27. The van der Waals surface area contributed by atoms with E-state index in [0.29, 0.717) is 5.39 Å². The molecule has 0 aromatic heterocycles. The van der Waals surface area contributed by atoms with Gasteiger partial charge in [0.15, 0.2) is 0 Å². The Morgan fingerprint density at radius 3 is 2.17 bits per heavy atom. The summed E-state index contributed by atoms with van der Waals surface area (Å²) < 4.78 is 62.9. The van der Waals surface area contributed by atoms with Gasteiger partial charge >= 0.3 is 0 Å². The Hall–Kier alpha value is -1.48. The van der Waals surface area contributed by atoms with Gasteiger partial charge in [0.1, 0.15) is 9.79 Å². The first-order valence-electron chi connectivity index (χ1n) is 4.59. The topological polar surface area (TPSA) is 109 Å². The highest BCUT2D eigenvalue weighted by Gasteiger charge is 2.26. The summed E-state index contributed by atoms with van der Waals surface area (Å²) in [5.41, 5.74) is 0. The van der Waals surface area contributed by atoms with Crippen LogP contribution in [-0.4, -0.2) is 25.9 Å². The van der Waals surface area contributed by atoms with Gasteiger partial charge in [-0.1, -0.05) is 24.3 Å². The minimum Gasteiger partial charge on any atom is -0.282 e. The van der Waals surface area contributed by atoms with Crippen LogP contribution in [0.2, 0.25) is 0 Å². The second-order valence-corrected chi connectivity index (χ2v) is 6.22. The maximum atomic E-state index is 11.3. The molecule has 2 N–H and O–H groups in total. The molecule has 0 heterocycles. The van der Waals surface area contributed by atoms with Crippen molar-refractivity contribution in [3.63, 3.8) is 0 Å². The van der Waals surface area contributed by atoms with E-state index < -0.39 is 30.0 Å². The molecule has 2 aromatic rings. The first kappa shape index (κ1) is 13.0. The Labute approximate surface area is 103 Å². The molecule has 0 atom stereocenters. The van der Waals surface area contributed by atoms with E-state index in [1.807, 2.05) is 0 Å². The van der Waals surface area contributed by atoms with Crippen LogP contribution in [0.1, 0.15) is 0 Å². The fraction of sp³-hybridized carbons (Fsp3) is 0. The minimum atomic E-state index is -4.80. The van der Waals surface area contributed by atoms with Crippen LogP contribution < -0.4 is 0 Å². The molecule has 0 unspecified atom stereocenters. The standard InChI is InChI=1S/C10H7O6S2/c11-17(12,13)9-6-5-7-3-1-2-4-8(7)10(9)18(14,15)16/h1-2,4-6H,(H,11,12,13)(H,14,15,16). The molecule has 0 saturated carbocycles. The number of rotatable bonds is 2. The van der Waals surface area contributed by atoms with Crippen LogP contribution in [0.3, 0.4) is 0 Å². The van der Waals surface area contributed by atoms with Gasteiger partial charge in [0.05, 0.1) is 0 Å². The lowest BCUT2D eigenvalue weighted by molar-refractivity contribution is 0.467. The van der Waals surface area contributed by atoms with Crippen LogP contribution in [-0.2, 0) is 20.2 Å². The molecule has 1 radical (unpaired) electrons. The van der Waals surface area contributed by atoms with Gasteiger partial charge < -0.3 is 0 Å². The molecular formula is C10H7O6S2. The molecule has 0 bridgehead atoms. The van der Waals surface area contributed by atoms with Crippen molar-refractivity contribution in [3.8, 4) is 0 Å². The Morgan fingerprint density at radius 1 is 0.944 bits per heavy atom. The fourth-order valence-electron chi connectivity index (χ4n) is 1.62. The Morgan fingerprint density at radius 2 is 1.61 bits per heavy atom. The molecule has 2 rings (SSSR count). The van der Waals surface area contributed by atoms with Crippen LogP contribution in [0, 0.1) is 6.07 Å². The van der Waals surface area contributed by atoms with E-state index in [0.717, 1.165) is 6.07 Å². The molecule has 0 fully saturated rings. The van der Waals surface area contributed by atoms with E-state index in [4.69, 9.17) is 9.11 Å². The van der Waals surface area contributed by atoms with Crippen LogP contribution in [0.25, 0.3) is 10.8 Å². The van der Waals surface area contributed by atoms with Gasteiger partial charge in [0.25, 0.3) is 20.2 Å². The van der Waals surface area contributed by atoms with Gasteiger partial charge in [-0.05, 0) is 17.5 Å². The van der Waals surface area contributed by atoms with Crippen molar-refractivity contribution in [1.29, 1.82) is 0 Å². The fourth-order valence-corrected chi connectivity index (χ4v) is 3.62. The lowest BCUT2D eigenvalue weighted by Gasteiger charge is -2.07. The molecule has 0 spiro atoms. The first-order valence-corrected chi connectivity index (χ1v) is 7.47. The third kappa shape index (κ3) is 2.23. The monoisotopic (exact) mass is 287 g/mol. The second-order valence-electron chi connectivity index (χ2n) is 3.47. The van der Waals surface area contributed by atoms with Gasteiger partial charge in [-0.2, -0.15) is 16.8 Å². The molecular weight excluding hydrogens is 280 g/mol. The predicted octanol–water partition coefficient (Wildman–Crippen LogP) is 1.13. The Kier molecular flexibility index (Phi) is 2.90. The molecule has 2 aromatic carbocycles. The summed E-state index contributed by atoms with van der Waals surface area (Å²) in [6.45, 7) is 0. The lowest BCUT2D eigenvalue weighted by Crippen LogP contribution is -2.09. The van der Waals surface area contributed by atoms with Gasteiger partial charge in [-0.25, -0.2) is 0 Å². The highest BCUT2D eigenvalue weighted by atomic mass is 32.2. The SMILES string of the molecule is O=S(=O)(O)c1ccc2[c]cccc2c1S(=O)(=O)O. The van der Waals surface area contributed by atoms with Crippen LogP contribution in [0.4, 0.5) is 0 Å². The summed E-state index contributed by atoms with van der Waals surface area (Å²) >= 11 is 0. The quantitative estimate of drug-likeness (QED) is 0.801. The highest BCUT2D eigenvalue weighted by Crippen LogP contribution is 2.29. The zero-order chi connectivity index (χ0) is 13.6. The van der Waals surface area contributed by atoms with Crippen LogP contribution >= 0.6 is 0 Å². The third-order valence-electron chi connectivity index (χ3n) is 2.29. The summed E-state index contributed by atoms with van der Waals surface area (Å²) in [6, 6.07) is 9.12.